The van der Waals surface area contributed by atoms with Crippen LogP contribution in [0.3, 0.4) is 0 Å². The molecule has 1 saturated heterocycles. The van der Waals surface area contributed by atoms with Crippen LogP contribution in [0.2, 0.25) is 0 Å². The van der Waals surface area contributed by atoms with Gasteiger partial charge in [-0.1, -0.05) is 334 Å². The first-order valence-corrected chi connectivity index (χ1v) is 35.1. The highest BCUT2D eigenvalue weighted by Crippen LogP contribution is 2.23. The summed E-state index contributed by atoms with van der Waals surface area (Å²) in [4.78, 5) is 13.1. The van der Waals surface area contributed by atoms with Crippen LogP contribution in [0.5, 0.6) is 0 Å². The van der Waals surface area contributed by atoms with Crippen molar-refractivity contribution in [2.75, 3.05) is 13.2 Å². The number of ether oxygens (including phenoxy) is 2. The molecule has 79 heavy (non-hydrogen) atoms. The van der Waals surface area contributed by atoms with Gasteiger partial charge >= 0.3 is 0 Å². The van der Waals surface area contributed by atoms with E-state index in [4.69, 9.17) is 9.47 Å². The van der Waals surface area contributed by atoms with Crippen molar-refractivity contribution < 1.29 is 39.8 Å². The van der Waals surface area contributed by atoms with Crippen molar-refractivity contribution in [1.29, 1.82) is 0 Å². The molecule has 0 aromatic rings. The lowest BCUT2D eigenvalue weighted by atomic mass is 9.99. The molecule has 9 nitrogen and oxygen atoms in total. The number of carbonyl (C=O) groups excluding carboxylic acids is 1. The fourth-order valence-corrected chi connectivity index (χ4v) is 11.5. The lowest BCUT2D eigenvalue weighted by Gasteiger charge is -2.40. The third-order valence-electron chi connectivity index (χ3n) is 17.0. The van der Waals surface area contributed by atoms with Crippen LogP contribution < -0.4 is 5.32 Å². The first-order chi connectivity index (χ1) is 38.8. The van der Waals surface area contributed by atoms with E-state index in [2.05, 4.69) is 31.3 Å². The second-order valence-corrected chi connectivity index (χ2v) is 24.7. The summed E-state index contributed by atoms with van der Waals surface area (Å²) < 4.78 is 11.3. The van der Waals surface area contributed by atoms with E-state index >= 15 is 0 Å². The molecule has 0 aromatic carbocycles. The van der Waals surface area contributed by atoms with Crippen LogP contribution in [0.25, 0.3) is 0 Å². The van der Waals surface area contributed by atoms with E-state index in [1.165, 1.54) is 302 Å². The van der Waals surface area contributed by atoms with E-state index in [-0.39, 0.29) is 12.5 Å². The Morgan fingerprint density at radius 1 is 0.418 bits per heavy atom. The van der Waals surface area contributed by atoms with Gasteiger partial charge in [-0.25, -0.2) is 0 Å². The lowest BCUT2D eigenvalue weighted by molar-refractivity contribution is -0.302. The maximum atomic E-state index is 13.1. The predicted octanol–water partition coefficient (Wildman–Crippen LogP) is 18.9. The Hall–Kier alpha value is -1.33. The normalized spacial score (nSPS) is 18.6. The maximum absolute atomic E-state index is 13.1. The van der Waals surface area contributed by atoms with Crippen LogP contribution in [-0.4, -0.2) is 87.5 Å². The van der Waals surface area contributed by atoms with Gasteiger partial charge in [0, 0.05) is 6.42 Å². The Morgan fingerprint density at radius 3 is 1.03 bits per heavy atom. The summed E-state index contributed by atoms with van der Waals surface area (Å²) >= 11 is 0. The van der Waals surface area contributed by atoms with Gasteiger partial charge in [0.1, 0.15) is 24.4 Å². The Bertz CT molecular complexity index is 1300. The number of allylic oxidation sites excluding steroid dienone is 3. The maximum Gasteiger partial charge on any atom is 0.220 e. The van der Waals surface area contributed by atoms with Gasteiger partial charge in [-0.3, -0.25) is 4.79 Å². The van der Waals surface area contributed by atoms with Crippen LogP contribution in [0, 0.1) is 0 Å². The first-order valence-electron chi connectivity index (χ1n) is 35.1. The van der Waals surface area contributed by atoms with Gasteiger partial charge in [0.2, 0.25) is 5.91 Å². The predicted molar refractivity (Wildman–Crippen MR) is 337 cm³/mol. The minimum atomic E-state index is -1.57. The van der Waals surface area contributed by atoms with Crippen molar-refractivity contribution in [3.8, 4) is 0 Å². The molecule has 7 atom stereocenters. The second kappa shape index (κ2) is 59.8. The van der Waals surface area contributed by atoms with E-state index in [1.54, 1.807) is 6.08 Å². The van der Waals surface area contributed by atoms with Crippen molar-refractivity contribution in [2.24, 2.45) is 0 Å². The molecule has 1 aliphatic heterocycles. The fourth-order valence-electron chi connectivity index (χ4n) is 11.5. The average Bonchev–Trinajstić information content (AvgIpc) is 3.47. The molecule has 1 rings (SSSR count). The van der Waals surface area contributed by atoms with E-state index in [9.17, 15) is 30.3 Å². The van der Waals surface area contributed by atoms with Gasteiger partial charge in [-0.2, -0.15) is 0 Å². The van der Waals surface area contributed by atoms with Crippen LogP contribution in [0.15, 0.2) is 24.3 Å². The highest BCUT2D eigenvalue weighted by atomic mass is 16.7. The molecular formula is C70H135NO8. The molecule has 1 aliphatic rings. The topological polar surface area (TPSA) is 149 Å². The summed E-state index contributed by atoms with van der Waals surface area (Å²) in [5, 5.41) is 54.8. The molecule has 0 radical (unpaired) electrons. The number of unbranched alkanes of at least 4 members (excludes halogenated alkanes) is 50. The summed E-state index contributed by atoms with van der Waals surface area (Å²) in [7, 11) is 0. The Morgan fingerprint density at radius 2 is 0.709 bits per heavy atom. The molecule has 0 saturated carbocycles. The summed E-state index contributed by atoms with van der Waals surface area (Å²) in [5.41, 5.74) is 0. The molecule has 1 amide bonds. The molecule has 9 heteroatoms. The molecular weight excluding hydrogens is 983 g/mol. The molecule has 1 fully saturated rings. The largest absolute Gasteiger partial charge is 0.394 e. The SMILES string of the molecule is CCCCCCCCCC/C=C\CCCCCCCCCCCCCCCCCC(=O)NC(COC1OC(CO)C(O)C(O)C1O)C(O)/C=C/CCCCCCCCCCCCCCCCCCCCCCCCCCCCC. The smallest absolute Gasteiger partial charge is 0.220 e. The number of hydrogen-bond donors (Lipinski definition) is 6. The van der Waals surface area contributed by atoms with Gasteiger partial charge in [-0.15, -0.1) is 0 Å². The monoisotopic (exact) mass is 1120 g/mol. The molecule has 0 spiro atoms. The Kier molecular flexibility index (Phi) is 57.3. The van der Waals surface area contributed by atoms with Gasteiger partial charge in [0.15, 0.2) is 6.29 Å². The third-order valence-corrected chi connectivity index (χ3v) is 17.0. The second-order valence-electron chi connectivity index (χ2n) is 24.7. The summed E-state index contributed by atoms with van der Waals surface area (Å²) in [6, 6.07) is -0.804. The zero-order valence-electron chi connectivity index (χ0n) is 52.4. The number of hydrogen-bond acceptors (Lipinski definition) is 8. The van der Waals surface area contributed by atoms with E-state index in [1.807, 2.05) is 6.08 Å². The van der Waals surface area contributed by atoms with E-state index in [0.717, 1.165) is 38.5 Å². The van der Waals surface area contributed by atoms with Crippen molar-refractivity contribution in [3.05, 3.63) is 24.3 Å². The highest BCUT2D eigenvalue weighted by Gasteiger charge is 2.44. The van der Waals surface area contributed by atoms with Gasteiger partial charge in [0.25, 0.3) is 0 Å². The molecule has 468 valence electrons. The van der Waals surface area contributed by atoms with Gasteiger partial charge in [-0.05, 0) is 44.9 Å². The number of carbonyl (C=O) groups is 1. The zero-order chi connectivity index (χ0) is 57.2. The zero-order valence-corrected chi connectivity index (χ0v) is 52.4. The van der Waals surface area contributed by atoms with Gasteiger partial charge < -0.3 is 40.3 Å². The molecule has 6 N–H and O–H groups in total. The van der Waals surface area contributed by atoms with Crippen molar-refractivity contribution in [2.45, 2.75) is 403 Å². The molecule has 1 heterocycles. The van der Waals surface area contributed by atoms with Crippen LogP contribution >= 0.6 is 0 Å². The van der Waals surface area contributed by atoms with Crippen molar-refractivity contribution in [3.63, 3.8) is 0 Å². The quantitative estimate of drug-likeness (QED) is 0.0261. The lowest BCUT2D eigenvalue weighted by Crippen LogP contribution is -2.60. The third kappa shape index (κ3) is 48.7. The summed E-state index contributed by atoms with van der Waals surface area (Å²) in [5.74, 6) is -0.169. The number of aliphatic hydroxyl groups excluding tert-OH is 5. The minimum Gasteiger partial charge on any atom is -0.394 e. The van der Waals surface area contributed by atoms with E-state index in [0.29, 0.717) is 6.42 Å². The number of nitrogens with one attached hydrogen (secondary N) is 1. The molecule has 0 aliphatic carbocycles. The summed E-state index contributed by atoms with van der Waals surface area (Å²) in [6.45, 7) is 3.84. The fraction of sp³-hybridized carbons (Fsp3) is 0.929. The highest BCUT2D eigenvalue weighted by molar-refractivity contribution is 5.76. The van der Waals surface area contributed by atoms with E-state index < -0.39 is 49.5 Å². The van der Waals surface area contributed by atoms with Crippen LogP contribution in [0.4, 0.5) is 0 Å². The Balaban J connectivity index is 2.13. The average molecular weight is 1120 g/mol. The molecule has 7 unspecified atom stereocenters. The van der Waals surface area contributed by atoms with Crippen LogP contribution in [-0.2, 0) is 14.3 Å². The number of amides is 1. The van der Waals surface area contributed by atoms with Crippen LogP contribution in [0.1, 0.15) is 361 Å². The molecule has 0 bridgehead atoms. The number of aliphatic hydroxyl groups is 5. The standard InChI is InChI=1S/C70H135NO8/c1-3-5-7-9-11-13-15-17-19-21-23-25-27-29-31-32-34-35-37-39-41-43-45-47-49-51-53-55-57-59-64(73)63(62-78-70-69(77)68(76)67(75)65(61-72)79-70)71-66(74)60-58-56-54-52-50-48-46-44-42-40-38-36-33-30-28-26-24-22-20-18-16-14-12-10-8-6-4-2/h22,24,57,59,63-65,67-70,72-73,75-77H,3-21,23,25-56,58,60-62H2,1-2H3,(H,71,74)/b24-22-,59-57+. The van der Waals surface area contributed by atoms with Gasteiger partial charge in [0.05, 0.1) is 25.4 Å². The Labute approximate surface area is 489 Å². The summed E-state index contributed by atoms with van der Waals surface area (Å²) in [6.07, 6.45) is 71.4. The van der Waals surface area contributed by atoms with Crippen molar-refractivity contribution in [1.82, 2.24) is 5.32 Å². The first kappa shape index (κ1) is 75.7. The van der Waals surface area contributed by atoms with Crippen molar-refractivity contribution >= 4 is 5.91 Å². The number of rotatable bonds is 62. The molecule has 0 aromatic heterocycles. The minimum absolute atomic E-state index is 0.169.